The molecule has 23 heavy (non-hydrogen) atoms. The Kier molecular flexibility index (Phi) is 2.33. The van der Waals surface area contributed by atoms with Gasteiger partial charge in [0.2, 0.25) is 0 Å². The van der Waals surface area contributed by atoms with E-state index in [1.54, 1.807) is 0 Å². The molecule has 0 spiro atoms. The predicted octanol–water partition coefficient (Wildman–Crippen LogP) is 4.15. The predicted molar refractivity (Wildman–Crippen MR) is 93.5 cm³/mol. The number of benzene rings is 4. The Hall–Kier alpha value is -2.42. The van der Waals surface area contributed by atoms with Crippen molar-refractivity contribution in [2.24, 2.45) is 0 Å². The molecule has 0 radical (unpaired) electrons. The van der Waals surface area contributed by atoms with Crippen molar-refractivity contribution < 1.29 is 10.2 Å². The quantitative estimate of drug-likeness (QED) is 0.291. The van der Waals surface area contributed by atoms with E-state index in [9.17, 15) is 10.2 Å². The van der Waals surface area contributed by atoms with Gasteiger partial charge in [-0.25, -0.2) is 0 Å². The van der Waals surface area contributed by atoms with E-state index in [4.69, 9.17) is 0 Å². The molecule has 5 rings (SSSR count). The highest BCUT2D eigenvalue weighted by atomic mass is 16.5. The van der Waals surface area contributed by atoms with Gasteiger partial charge in [0.05, 0.1) is 0 Å². The molecule has 0 fully saturated rings. The summed E-state index contributed by atoms with van der Waals surface area (Å²) in [5, 5.41) is 27.8. The average molecular weight is 300 g/mol. The Bertz CT molecular complexity index is 1120. The third kappa shape index (κ3) is 1.60. The number of aryl methyl sites for hydroxylation is 1. The summed E-state index contributed by atoms with van der Waals surface area (Å²) in [5.41, 5.74) is 2.83. The Morgan fingerprint density at radius 3 is 2.48 bits per heavy atom. The normalized spacial score (nSPS) is 15.8. The summed E-state index contributed by atoms with van der Waals surface area (Å²) < 4.78 is 0. The summed E-state index contributed by atoms with van der Waals surface area (Å²) in [5.74, 6) is -1.80. The minimum atomic E-state index is -1.80. The molecule has 2 heteroatoms. The molecule has 112 valence electrons. The minimum Gasteiger partial charge on any atom is -0.362 e. The van der Waals surface area contributed by atoms with Crippen molar-refractivity contribution in [1.82, 2.24) is 0 Å². The first-order chi connectivity index (χ1) is 11.1. The third-order valence-electron chi connectivity index (χ3n) is 5.19. The van der Waals surface area contributed by atoms with E-state index in [-0.39, 0.29) is 6.42 Å². The van der Waals surface area contributed by atoms with Gasteiger partial charge in [-0.1, -0.05) is 48.5 Å². The summed E-state index contributed by atoms with van der Waals surface area (Å²) >= 11 is 0. The highest BCUT2D eigenvalue weighted by Crippen LogP contribution is 2.46. The van der Waals surface area contributed by atoms with E-state index in [0.717, 1.165) is 38.1 Å². The molecule has 0 bridgehead atoms. The van der Waals surface area contributed by atoms with Crippen LogP contribution in [0.4, 0.5) is 0 Å². The van der Waals surface area contributed by atoms with E-state index in [2.05, 4.69) is 36.4 Å². The molecular formula is C21H16O2. The fourth-order valence-corrected chi connectivity index (χ4v) is 4.12. The van der Waals surface area contributed by atoms with Crippen molar-refractivity contribution >= 4 is 32.3 Å². The van der Waals surface area contributed by atoms with Gasteiger partial charge in [0.25, 0.3) is 0 Å². The summed E-state index contributed by atoms with van der Waals surface area (Å²) in [6.45, 7) is 2.03. The Morgan fingerprint density at radius 2 is 1.61 bits per heavy atom. The van der Waals surface area contributed by atoms with Gasteiger partial charge in [0.1, 0.15) is 0 Å². The minimum absolute atomic E-state index is 0.261. The van der Waals surface area contributed by atoms with Crippen molar-refractivity contribution in [1.29, 1.82) is 0 Å². The Labute approximate surface area is 133 Å². The van der Waals surface area contributed by atoms with Gasteiger partial charge in [-0.2, -0.15) is 0 Å². The first-order valence-electron chi connectivity index (χ1n) is 7.88. The standard InChI is InChI=1S/C21H16O2/c1-12-6-7-14-10-17-15-5-3-2-4-13(15)8-9-16(17)20-19(14)18(12)11-21(20,22)23/h2-10,22-23H,11H2,1H3. The first kappa shape index (κ1) is 13.1. The van der Waals surface area contributed by atoms with Crippen molar-refractivity contribution in [3.05, 3.63) is 71.3 Å². The van der Waals surface area contributed by atoms with Gasteiger partial charge in [-0.05, 0) is 56.4 Å². The third-order valence-corrected chi connectivity index (χ3v) is 5.19. The maximum absolute atomic E-state index is 10.7. The van der Waals surface area contributed by atoms with Gasteiger partial charge in [0.15, 0.2) is 5.79 Å². The Balaban J connectivity index is 2.10. The van der Waals surface area contributed by atoms with Crippen molar-refractivity contribution in [2.45, 2.75) is 19.1 Å². The zero-order valence-corrected chi connectivity index (χ0v) is 12.8. The first-order valence-corrected chi connectivity index (χ1v) is 7.88. The maximum atomic E-state index is 10.7. The topological polar surface area (TPSA) is 40.5 Å². The fourth-order valence-electron chi connectivity index (χ4n) is 4.12. The molecule has 2 nitrogen and oxygen atoms in total. The van der Waals surface area contributed by atoms with Crippen molar-refractivity contribution in [3.8, 4) is 0 Å². The number of fused-ring (bicyclic) bond motifs is 4. The molecule has 0 aliphatic heterocycles. The van der Waals surface area contributed by atoms with E-state index >= 15 is 0 Å². The Morgan fingerprint density at radius 1 is 0.826 bits per heavy atom. The van der Waals surface area contributed by atoms with Crippen LogP contribution in [0, 0.1) is 6.92 Å². The number of aliphatic hydroxyl groups is 2. The SMILES string of the molecule is Cc1ccc2cc3c(ccc4ccccc43)c3c2c1CC3(O)O. The van der Waals surface area contributed by atoms with E-state index in [0.29, 0.717) is 5.56 Å². The summed E-state index contributed by atoms with van der Waals surface area (Å²) in [6, 6.07) is 18.6. The van der Waals surface area contributed by atoms with Gasteiger partial charge >= 0.3 is 0 Å². The van der Waals surface area contributed by atoms with Gasteiger partial charge in [-0.3, -0.25) is 0 Å². The zero-order valence-electron chi connectivity index (χ0n) is 12.8. The zero-order chi connectivity index (χ0) is 15.8. The molecule has 4 aromatic rings. The molecule has 0 atom stereocenters. The smallest absolute Gasteiger partial charge is 0.195 e. The fraction of sp³-hybridized carbons (Fsp3) is 0.143. The molecule has 0 saturated carbocycles. The average Bonchev–Trinajstić information content (AvgIpc) is 2.84. The lowest BCUT2D eigenvalue weighted by Crippen LogP contribution is -2.24. The molecular weight excluding hydrogens is 284 g/mol. The number of rotatable bonds is 0. The van der Waals surface area contributed by atoms with Gasteiger partial charge in [0, 0.05) is 12.0 Å². The van der Waals surface area contributed by atoms with Crippen LogP contribution in [-0.2, 0) is 12.2 Å². The highest BCUT2D eigenvalue weighted by molar-refractivity contribution is 6.15. The van der Waals surface area contributed by atoms with Crippen LogP contribution in [-0.4, -0.2) is 10.2 Å². The van der Waals surface area contributed by atoms with Crippen molar-refractivity contribution in [2.75, 3.05) is 0 Å². The van der Waals surface area contributed by atoms with Crippen LogP contribution in [0.25, 0.3) is 32.3 Å². The van der Waals surface area contributed by atoms with Crippen LogP contribution in [0.1, 0.15) is 16.7 Å². The molecule has 1 aliphatic carbocycles. The van der Waals surface area contributed by atoms with E-state index < -0.39 is 5.79 Å². The van der Waals surface area contributed by atoms with Crippen LogP contribution in [0.3, 0.4) is 0 Å². The summed E-state index contributed by atoms with van der Waals surface area (Å²) in [7, 11) is 0. The second-order valence-corrected chi connectivity index (χ2v) is 6.59. The molecule has 0 heterocycles. The maximum Gasteiger partial charge on any atom is 0.195 e. The molecule has 0 amide bonds. The largest absolute Gasteiger partial charge is 0.362 e. The second-order valence-electron chi connectivity index (χ2n) is 6.59. The van der Waals surface area contributed by atoms with Crippen LogP contribution < -0.4 is 0 Å². The lowest BCUT2D eigenvalue weighted by atomic mass is 9.92. The second kappa shape index (κ2) is 4.10. The van der Waals surface area contributed by atoms with E-state index in [1.165, 1.54) is 5.39 Å². The molecule has 0 saturated heterocycles. The molecule has 4 aromatic carbocycles. The monoisotopic (exact) mass is 300 g/mol. The summed E-state index contributed by atoms with van der Waals surface area (Å²) in [6.07, 6.45) is 0.261. The summed E-state index contributed by atoms with van der Waals surface area (Å²) in [4.78, 5) is 0. The van der Waals surface area contributed by atoms with Crippen LogP contribution in [0.2, 0.25) is 0 Å². The van der Waals surface area contributed by atoms with E-state index in [1.807, 2.05) is 25.1 Å². The van der Waals surface area contributed by atoms with Crippen LogP contribution in [0.5, 0.6) is 0 Å². The lowest BCUT2D eigenvalue weighted by molar-refractivity contribution is -0.162. The highest BCUT2D eigenvalue weighted by Gasteiger charge is 2.38. The van der Waals surface area contributed by atoms with Crippen molar-refractivity contribution in [3.63, 3.8) is 0 Å². The van der Waals surface area contributed by atoms with Gasteiger partial charge < -0.3 is 10.2 Å². The molecule has 0 aromatic heterocycles. The molecule has 0 unspecified atom stereocenters. The van der Waals surface area contributed by atoms with Crippen LogP contribution in [0.15, 0.2) is 54.6 Å². The molecule has 2 N–H and O–H groups in total. The molecule has 1 aliphatic rings. The lowest BCUT2D eigenvalue weighted by Gasteiger charge is -2.19. The van der Waals surface area contributed by atoms with Crippen LogP contribution >= 0.6 is 0 Å². The number of hydrogen-bond donors (Lipinski definition) is 2. The number of hydrogen-bond acceptors (Lipinski definition) is 2. The van der Waals surface area contributed by atoms with Gasteiger partial charge in [-0.15, -0.1) is 0 Å².